The van der Waals surface area contributed by atoms with Gasteiger partial charge in [-0.2, -0.15) is 0 Å². The second-order valence-corrected chi connectivity index (χ2v) is 9.71. The van der Waals surface area contributed by atoms with Crippen LogP contribution in [-0.2, 0) is 14.8 Å². The Morgan fingerprint density at radius 3 is 2.61 bits per heavy atom. The quantitative estimate of drug-likeness (QED) is 0.502. The molecule has 0 unspecified atom stereocenters. The first-order chi connectivity index (χ1) is 15.8. The number of methoxy groups -OCH3 is 1. The van der Waals surface area contributed by atoms with Crippen LogP contribution in [0.5, 0.6) is 5.75 Å². The number of sulfonamides is 1. The molecule has 1 saturated heterocycles. The number of nitrogens with zero attached hydrogens (tertiary/aromatic N) is 2. The summed E-state index contributed by atoms with van der Waals surface area (Å²) >= 11 is 0. The molecule has 11 heteroatoms. The first-order valence-corrected chi connectivity index (χ1v) is 12.2. The molecule has 4 rings (SSSR count). The minimum Gasteiger partial charge on any atom is -0.495 e. The topological polar surface area (TPSA) is 128 Å². The van der Waals surface area contributed by atoms with Gasteiger partial charge in [0.2, 0.25) is 0 Å². The molecule has 10 nitrogen and oxygen atoms in total. The van der Waals surface area contributed by atoms with Crippen molar-refractivity contribution in [2.24, 2.45) is 0 Å². The van der Waals surface area contributed by atoms with Gasteiger partial charge in [-0.1, -0.05) is 12.8 Å². The first-order valence-electron chi connectivity index (χ1n) is 10.7. The van der Waals surface area contributed by atoms with E-state index in [0.717, 1.165) is 31.7 Å². The maximum Gasteiger partial charge on any atom is 0.271 e. The molecule has 2 aromatic carbocycles. The van der Waals surface area contributed by atoms with Crippen molar-refractivity contribution in [3.8, 4) is 5.75 Å². The van der Waals surface area contributed by atoms with E-state index in [4.69, 9.17) is 9.47 Å². The Balaban J connectivity index is 1.53. The molecular weight excluding hydrogens is 450 g/mol. The zero-order valence-electron chi connectivity index (χ0n) is 18.1. The molecule has 1 aliphatic heterocycles. The van der Waals surface area contributed by atoms with Crippen LogP contribution in [-0.4, -0.2) is 56.6 Å². The van der Waals surface area contributed by atoms with Crippen molar-refractivity contribution < 1.29 is 27.6 Å². The van der Waals surface area contributed by atoms with E-state index < -0.39 is 14.9 Å². The molecule has 33 heavy (non-hydrogen) atoms. The lowest BCUT2D eigenvalue weighted by Crippen LogP contribution is -2.54. The van der Waals surface area contributed by atoms with Gasteiger partial charge >= 0.3 is 0 Å². The molecule has 1 amide bonds. The van der Waals surface area contributed by atoms with Crippen molar-refractivity contribution in [1.29, 1.82) is 0 Å². The van der Waals surface area contributed by atoms with E-state index in [1.54, 1.807) is 0 Å². The van der Waals surface area contributed by atoms with E-state index in [0.29, 0.717) is 18.7 Å². The van der Waals surface area contributed by atoms with Crippen LogP contribution in [0.25, 0.3) is 0 Å². The normalized spacial score (nSPS) is 20.6. The molecular formula is C22H25N3O7S. The number of hydrogen-bond acceptors (Lipinski definition) is 7. The molecule has 2 fully saturated rings. The molecule has 2 atom stereocenters. The lowest BCUT2D eigenvalue weighted by molar-refractivity contribution is -0.384. The van der Waals surface area contributed by atoms with Crippen molar-refractivity contribution >= 4 is 27.3 Å². The number of nitro benzene ring substituents is 1. The Hall–Kier alpha value is -3.18. The van der Waals surface area contributed by atoms with Gasteiger partial charge in [-0.05, 0) is 43.2 Å². The predicted octanol–water partition coefficient (Wildman–Crippen LogP) is 3.19. The Morgan fingerprint density at radius 2 is 1.91 bits per heavy atom. The molecule has 0 spiro atoms. The van der Waals surface area contributed by atoms with Gasteiger partial charge in [-0.25, -0.2) is 8.42 Å². The Bertz CT molecular complexity index is 1150. The second kappa shape index (κ2) is 9.36. The number of anilines is 1. The monoisotopic (exact) mass is 475 g/mol. The smallest absolute Gasteiger partial charge is 0.271 e. The van der Waals surface area contributed by atoms with Crippen LogP contribution in [0.3, 0.4) is 0 Å². The fourth-order valence-electron chi connectivity index (χ4n) is 4.38. The Kier molecular flexibility index (Phi) is 6.52. The SMILES string of the molecule is COc1ccc([N+](=O)[O-])cc1NS(=O)(=O)c1ccc(C(=O)N2CCO[C@@H]3CCCC[C@H]32)cc1. The van der Waals surface area contributed by atoms with Crippen LogP contribution in [0, 0.1) is 10.1 Å². The number of morpholine rings is 1. The highest BCUT2D eigenvalue weighted by atomic mass is 32.2. The summed E-state index contributed by atoms with van der Waals surface area (Å²) in [4.78, 5) is 25.3. The summed E-state index contributed by atoms with van der Waals surface area (Å²) < 4.78 is 39.0. The number of ether oxygens (including phenoxy) is 2. The lowest BCUT2D eigenvalue weighted by Gasteiger charge is -2.43. The molecule has 1 aliphatic carbocycles. The standard InChI is InChI=1S/C22H25N3O7S/c1-31-20-11-8-16(25(27)28)14-18(20)23-33(29,30)17-9-6-15(7-10-17)22(26)24-12-13-32-21-5-3-2-4-19(21)24/h6-11,14,19,21,23H,2-5,12-13H2,1H3/t19-,21-/m1/s1. The van der Waals surface area contributed by atoms with E-state index >= 15 is 0 Å². The fourth-order valence-corrected chi connectivity index (χ4v) is 5.45. The van der Waals surface area contributed by atoms with Gasteiger partial charge in [-0.15, -0.1) is 0 Å². The highest BCUT2D eigenvalue weighted by molar-refractivity contribution is 7.92. The molecule has 2 aromatic rings. The van der Waals surface area contributed by atoms with E-state index in [2.05, 4.69) is 4.72 Å². The van der Waals surface area contributed by atoms with E-state index in [-0.39, 0.29) is 40.1 Å². The Morgan fingerprint density at radius 1 is 1.18 bits per heavy atom. The van der Waals surface area contributed by atoms with Gasteiger partial charge in [0, 0.05) is 24.2 Å². The fraction of sp³-hybridized carbons (Fsp3) is 0.409. The Labute approximate surface area is 191 Å². The number of amides is 1. The van der Waals surface area contributed by atoms with E-state index in [1.807, 2.05) is 4.90 Å². The highest BCUT2D eigenvalue weighted by Gasteiger charge is 2.37. The van der Waals surface area contributed by atoms with Crippen LogP contribution in [0.2, 0.25) is 0 Å². The summed E-state index contributed by atoms with van der Waals surface area (Å²) in [5.41, 5.74) is 0.0672. The average Bonchev–Trinajstić information content (AvgIpc) is 2.83. The number of hydrogen-bond donors (Lipinski definition) is 1. The van der Waals surface area contributed by atoms with Crippen molar-refractivity contribution in [2.45, 2.75) is 42.7 Å². The summed E-state index contributed by atoms with van der Waals surface area (Å²) in [7, 11) is -2.74. The zero-order chi connectivity index (χ0) is 23.6. The van der Waals surface area contributed by atoms with Gasteiger partial charge in [0.25, 0.3) is 21.6 Å². The number of benzene rings is 2. The summed E-state index contributed by atoms with van der Waals surface area (Å²) in [6.45, 7) is 1.00. The van der Waals surface area contributed by atoms with E-state index in [1.165, 1.54) is 43.5 Å². The number of non-ortho nitro benzene ring substituents is 1. The van der Waals surface area contributed by atoms with Gasteiger partial charge in [-0.3, -0.25) is 19.6 Å². The third-order valence-corrected chi connectivity index (χ3v) is 7.42. The molecule has 0 aromatic heterocycles. The average molecular weight is 476 g/mol. The molecule has 176 valence electrons. The van der Waals surface area contributed by atoms with Gasteiger partial charge < -0.3 is 14.4 Å². The minimum absolute atomic E-state index is 0.0476. The maximum absolute atomic E-state index is 13.1. The molecule has 0 radical (unpaired) electrons. The number of nitro groups is 1. The molecule has 0 bridgehead atoms. The third-order valence-electron chi connectivity index (χ3n) is 6.04. The van der Waals surface area contributed by atoms with Crippen molar-refractivity contribution in [3.05, 3.63) is 58.1 Å². The van der Waals surface area contributed by atoms with Crippen LogP contribution >= 0.6 is 0 Å². The number of carbonyl (C=O) groups is 1. The van der Waals surface area contributed by atoms with Crippen molar-refractivity contribution in [2.75, 3.05) is 25.0 Å². The molecule has 1 saturated carbocycles. The molecule has 1 N–H and O–H groups in total. The number of fused-ring (bicyclic) bond motifs is 1. The lowest BCUT2D eigenvalue weighted by atomic mass is 9.89. The van der Waals surface area contributed by atoms with Crippen molar-refractivity contribution in [3.63, 3.8) is 0 Å². The summed E-state index contributed by atoms with van der Waals surface area (Å²) in [6, 6.07) is 9.33. The number of nitrogens with one attached hydrogen (secondary N) is 1. The minimum atomic E-state index is -4.07. The largest absolute Gasteiger partial charge is 0.495 e. The first kappa shape index (κ1) is 23.0. The maximum atomic E-state index is 13.1. The summed E-state index contributed by atoms with van der Waals surface area (Å²) in [5.74, 6) is -0.00205. The summed E-state index contributed by atoms with van der Waals surface area (Å²) in [6.07, 6.45) is 4.05. The van der Waals surface area contributed by atoms with E-state index in [9.17, 15) is 23.3 Å². The van der Waals surface area contributed by atoms with Gasteiger partial charge in [0.1, 0.15) is 5.75 Å². The van der Waals surface area contributed by atoms with Crippen LogP contribution in [0.15, 0.2) is 47.4 Å². The van der Waals surface area contributed by atoms with Crippen molar-refractivity contribution in [1.82, 2.24) is 4.90 Å². The number of carbonyl (C=O) groups excluding carboxylic acids is 1. The van der Waals surface area contributed by atoms with Crippen LogP contribution in [0.1, 0.15) is 36.0 Å². The molecule has 2 aliphatic rings. The van der Waals surface area contributed by atoms with Crippen LogP contribution < -0.4 is 9.46 Å². The van der Waals surface area contributed by atoms with Crippen LogP contribution in [0.4, 0.5) is 11.4 Å². The van der Waals surface area contributed by atoms with Gasteiger partial charge in [0.05, 0.1) is 41.4 Å². The molecule has 1 heterocycles. The predicted molar refractivity (Wildman–Crippen MR) is 120 cm³/mol. The second-order valence-electron chi connectivity index (χ2n) is 8.03. The highest BCUT2D eigenvalue weighted by Crippen LogP contribution is 2.32. The third kappa shape index (κ3) is 4.79. The summed E-state index contributed by atoms with van der Waals surface area (Å²) in [5, 5.41) is 11.1. The number of rotatable bonds is 6. The van der Waals surface area contributed by atoms with Gasteiger partial charge in [0.15, 0.2) is 0 Å². The zero-order valence-corrected chi connectivity index (χ0v) is 18.9.